The summed E-state index contributed by atoms with van der Waals surface area (Å²) in [6, 6.07) is 3.11. The zero-order valence-electron chi connectivity index (χ0n) is 14.1. The van der Waals surface area contributed by atoms with E-state index in [0.717, 1.165) is 12.1 Å². The summed E-state index contributed by atoms with van der Waals surface area (Å²) in [7, 11) is 0. The summed E-state index contributed by atoms with van der Waals surface area (Å²) in [6.07, 6.45) is 0.555. The fourth-order valence-corrected chi connectivity index (χ4v) is 2.79. The normalized spacial score (nSPS) is 18.6. The number of nitrogens with one attached hydrogen (secondary N) is 1. The van der Waals surface area contributed by atoms with Gasteiger partial charge in [0.2, 0.25) is 5.91 Å². The lowest BCUT2D eigenvalue weighted by atomic mass is 9.96. The molecule has 2 amide bonds. The second-order valence-electron chi connectivity index (χ2n) is 6.04. The summed E-state index contributed by atoms with van der Waals surface area (Å²) in [5, 5.41) is 2.73. The maximum Gasteiger partial charge on any atom is 0.263 e. The lowest BCUT2D eigenvalue weighted by Crippen LogP contribution is -2.49. The molecule has 25 heavy (non-hydrogen) atoms. The number of benzene rings is 1. The molecule has 1 aromatic carbocycles. The zero-order chi connectivity index (χ0) is 18.4. The molecule has 0 radical (unpaired) electrons. The minimum atomic E-state index is -1.04. The number of carbonyl (C=O) groups is 2. The Morgan fingerprint density at radius 1 is 1.40 bits per heavy atom. The highest BCUT2D eigenvalue weighted by atomic mass is 19.2. The van der Waals surface area contributed by atoms with Gasteiger partial charge in [-0.25, -0.2) is 8.78 Å². The molecule has 0 aromatic heterocycles. The van der Waals surface area contributed by atoms with Crippen LogP contribution in [0.25, 0.3) is 0 Å². The molecule has 0 saturated carbocycles. The summed E-state index contributed by atoms with van der Waals surface area (Å²) in [5.74, 6) is -2.62. The summed E-state index contributed by atoms with van der Waals surface area (Å²) >= 11 is 0. The van der Waals surface area contributed by atoms with Crippen LogP contribution in [0.1, 0.15) is 19.8 Å². The molecule has 1 aromatic rings. The van der Waals surface area contributed by atoms with E-state index in [1.807, 2.05) is 0 Å². The smallest absolute Gasteiger partial charge is 0.263 e. The van der Waals surface area contributed by atoms with Crippen LogP contribution in [-0.4, -0.2) is 49.0 Å². The number of carbonyl (C=O) groups excluding carboxylic acids is 2. The van der Waals surface area contributed by atoms with E-state index < -0.39 is 17.7 Å². The van der Waals surface area contributed by atoms with E-state index in [2.05, 4.69) is 5.32 Å². The number of nitrogens with zero attached hydrogens (tertiary/aromatic N) is 1. The molecule has 2 unspecified atom stereocenters. The number of nitrogens with two attached hydrogens (primary N) is 1. The highest BCUT2D eigenvalue weighted by Gasteiger charge is 2.31. The average molecular weight is 355 g/mol. The third kappa shape index (κ3) is 5.12. The van der Waals surface area contributed by atoms with Crippen LogP contribution in [0.3, 0.4) is 0 Å². The fourth-order valence-electron chi connectivity index (χ4n) is 2.79. The Kier molecular flexibility index (Phi) is 6.69. The predicted octanol–water partition coefficient (Wildman–Crippen LogP) is 1.05. The van der Waals surface area contributed by atoms with Crippen molar-refractivity contribution < 1.29 is 23.1 Å². The van der Waals surface area contributed by atoms with E-state index >= 15 is 0 Å². The van der Waals surface area contributed by atoms with Gasteiger partial charge in [-0.2, -0.15) is 0 Å². The second kappa shape index (κ2) is 8.75. The van der Waals surface area contributed by atoms with E-state index in [-0.39, 0.29) is 23.5 Å². The van der Waals surface area contributed by atoms with Gasteiger partial charge < -0.3 is 20.7 Å². The monoisotopic (exact) mass is 355 g/mol. The first-order valence-corrected chi connectivity index (χ1v) is 8.30. The van der Waals surface area contributed by atoms with E-state index in [9.17, 15) is 18.4 Å². The maximum atomic E-state index is 13.2. The van der Waals surface area contributed by atoms with Gasteiger partial charge in [0.15, 0.2) is 17.7 Å². The SMILES string of the molecule is CC(Oc1ccc(F)c(F)c1)C(=O)N1CCCC(C(=O)NCCN)C1. The van der Waals surface area contributed by atoms with Crippen LogP contribution < -0.4 is 15.8 Å². The van der Waals surface area contributed by atoms with Crippen molar-refractivity contribution in [2.24, 2.45) is 11.7 Å². The van der Waals surface area contributed by atoms with Gasteiger partial charge in [-0.3, -0.25) is 9.59 Å². The molecule has 1 fully saturated rings. The number of hydrogen-bond acceptors (Lipinski definition) is 4. The molecule has 1 heterocycles. The lowest BCUT2D eigenvalue weighted by Gasteiger charge is -2.33. The first-order valence-electron chi connectivity index (χ1n) is 8.30. The molecule has 0 spiro atoms. The van der Waals surface area contributed by atoms with Gasteiger partial charge in [-0.15, -0.1) is 0 Å². The molecule has 1 aliphatic heterocycles. The van der Waals surface area contributed by atoms with Crippen LogP contribution in [0.4, 0.5) is 8.78 Å². The van der Waals surface area contributed by atoms with Crippen molar-refractivity contribution in [3.05, 3.63) is 29.8 Å². The third-order valence-corrected chi connectivity index (χ3v) is 4.10. The third-order valence-electron chi connectivity index (χ3n) is 4.10. The molecule has 0 bridgehead atoms. The van der Waals surface area contributed by atoms with Crippen molar-refractivity contribution in [3.8, 4) is 5.75 Å². The molecule has 2 atom stereocenters. The van der Waals surface area contributed by atoms with Crippen LogP contribution in [0.15, 0.2) is 18.2 Å². The fraction of sp³-hybridized carbons (Fsp3) is 0.529. The van der Waals surface area contributed by atoms with Gasteiger partial charge in [0.05, 0.1) is 5.92 Å². The minimum Gasteiger partial charge on any atom is -0.481 e. The highest BCUT2D eigenvalue weighted by molar-refractivity contribution is 5.83. The van der Waals surface area contributed by atoms with Crippen molar-refractivity contribution >= 4 is 11.8 Å². The Morgan fingerprint density at radius 2 is 2.16 bits per heavy atom. The van der Waals surface area contributed by atoms with Crippen molar-refractivity contribution in [3.63, 3.8) is 0 Å². The van der Waals surface area contributed by atoms with Crippen LogP contribution in [-0.2, 0) is 9.59 Å². The highest BCUT2D eigenvalue weighted by Crippen LogP contribution is 2.20. The van der Waals surface area contributed by atoms with Gasteiger partial charge in [-0.1, -0.05) is 0 Å². The van der Waals surface area contributed by atoms with Crippen molar-refractivity contribution in [2.75, 3.05) is 26.2 Å². The Bertz CT molecular complexity index is 627. The summed E-state index contributed by atoms with van der Waals surface area (Å²) in [4.78, 5) is 26.1. The standard InChI is InChI=1S/C17H23F2N3O3/c1-11(25-13-4-5-14(18)15(19)9-13)17(24)22-8-2-3-12(10-22)16(23)21-7-6-20/h4-5,9,11-12H,2-3,6-8,10,20H2,1H3,(H,21,23). The van der Waals surface area contributed by atoms with E-state index in [0.29, 0.717) is 39.0 Å². The Balaban J connectivity index is 1.93. The average Bonchev–Trinajstić information content (AvgIpc) is 2.62. The Hall–Kier alpha value is -2.22. The molecule has 1 aliphatic rings. The second-order valence-corrected chi connectivity index (χ2v) is 6.04. The van der Waals surface area contributed by atoms with Gasteiger partial charge in [0.25, 0.3) is 5.91 Å². The molecule has 6 nitrogen and oxygen atoms in total. The maximum absolute atomic E-state index is 13.2. The van der Waals surface area contributed by atoms with E-state index in [4.69, 9.17) is 10.5 Å². The molecule has 0 aliphatic carbocycles. The summed E-state index contributed by atoms with van der Waals surface area (Å²) < 4.78 is 31.6. The van der Waals surface area contributed by atoms with Crippen LogP contribution in [0.5, 0.6) is 5.75 Å². The topological polar surface area (TPSA) is 84.7 Å². The summed E-state index contributed by atoms with van der Waals surface area (Å²) in [6.45, 7) is 3.15. The molecule has 8 heteroatoms. The number of rotatable bonds is 6. The number of halogens is 2. The largest absolute Gasteiger partial charge is 0.481 e. The zero-order valence-corrected chi connectivity index (χ0v) is 14.1. The lowest BCUT2D eigenvalue weighted by molar-refractivity contribution is -0.141. The summed E-state index contributed by atoms with van der Waals surface area (Å²) in [5.41, 5.74) is 5.37. The van der Waals surface area contributed by atoms with Crippen LogP contribution >= 0.6 is 0 Å². The molecule has 1 saturated heterocycles. The quantitative estimate of drug-likeness (QED) is 0.799. The number of amides is 2. The molecule has 138 valence electrons. The van der Waals surface area contributed by atoms with Gasteiger partial charge >= 0.3 is 0 Å². The predicted molar refractivity (Wildman–Crippen MR) is 87.8 cm³/mol. The van der Waals surface area contributed by atoms with Crippen molar-refractivity contribution in [1.82, 2.24) is 10.2 Å². The number of piperidine rings is 1. The molecular weight excluding hydrogens is 332 g/mol. The molecular formula is C17H23F2N3O3. The minimum absolute atomic E-state index is 0.0778. The van der Waals surface area contributed by atoms with Crippen LogP contribution in [0.2, 0.25) is 0 Å². The number of ether oxygens (including phenoxy) is 1. The van der Waals surface area contributed by atoms with E-state index in [1.54, 1.807) is 11.8 Å². The first kappa shape index (κ1) is 19.1. The van der Waals surface area contributed by atoms with Crippen molar-refractivity contribution in [2.45, 2.75) is 25.9 Å². The van der Waals surface area contributed by atoms with Gasteiger partial charge in [0, 0.05) is 32.2 Å². The Labute approximate surface area is 145 Å². The number of likely N-dealkylation sites (tertiary alicyclic amines) is 1. The Morgan fingerprint density at radius 3 is 2.84 bits per heavy atom. The van der Waals surface area contributed by atoms with Gasteiger partial charge in [0.1, 0.15) is 5.75 Å². The van der Waals surface area contributed by atoms with Crippen LogP contribution in [0, 0.1) is 17.6 Å². The van der Waals surface area contributed by atoms with Crippen molar-refractivity contribution in [1.29, 1.82) is 0 Å². The molecule has 2 rings (SSSR count). The number of hydrogen-bond donors (Lipinski definition) is 2. The molecule has 3 N–H and O–H groups in total. The van der Waals surface area contributed by atoms with E-state index in [1.165, 1.54) is 6.07 Å². The first-order chi connectivity index (χ1) is 11.9. The van der Waals surface area contributed by atoms with Gasteiger partial charge in [-0.05, 0) is 31.9 Å².